The standard InChI is InChI=1S/C16H18O8/c1-15(2,13(21)22)16(3,14(23)24)7-9-6-8(11(17)18)4-5-10(9)12(19)20/h4-6H,7H2,1-3H3,(H,17,18)(H,19,20)(H,21,22)(H,23,24). The normalized spacial score (nSPS) is 13.8. The molecule has 0 aliphatic heterocycles. The summed E-state index contributed by atoms with van der Waals surface area (Å²) in [4.78, 5) is 45.6. The molecule has 1 aromatic carbocycles. The van der Waals surface area contributed by atoms with Gasteiger partial charge in [0.2, 0.25) is 0 Å². The number of carboxylic acids is 4. The minimum Gasteiger partial charge on any atom is -0.481 e. The van der Waals surface area contributed by atoms with Gasteiger partial charge in [0.15, 0.2) is 0 Å². The van der Waals surface area contributed by atoms with Crippen LogP contribution in [0.2, 0.25) is 0 Å². The molecule has 8 heteroatoms. The van der Waals surface area contributed by atoms with E-state index in [4.69, 9.17) is 5.11 Å². The number of rotatable bonds is 7. The van der Waals surface area contributed by atoms with Crippen molar-refractivity contribution in [2.75, 3.05) is 0 Å². The van der Waals surface area contributed by atoms with Crippen molar-refractivity contribution >= 4 is 23.9 Å². The topological polar surface area (TPSA) is 149 Å². The summed E-state index contributed by atoms with van der Waals surface area (Å²) in [5, 5.41) is 37.2. The lowest BCUT2D eigenvalue weighted by Gasteiger charge is -2.37. The van der Waals surface area contributed by atoms with Gasteiger partial charge in [-0.3, -0.25) is 9.59 Å². The van der Waals surface area contributed by atoms with Crippen LogP contribution in [0.25, 0.3) is 0 Å². The minimum absolute atomic E-state index is 0.0541. The molecule has 1 rings (SSSR count). The number of aliphatic carboxylic acids is 2. The van der Waals surface area contributed by atoms with E-state index in [-0.39, 0.29) is 16.7 Å². The lowest BCUT2D eigenvalue weighted by Crippen LogP contribution is -2.48. The van der Waals surface area contributed by atoms with E-state index in [0.29, 0.717) is 0 Å². The van der Waals surface area contributed by atoms with Crippen molar-refractivity contribution < 1.29 is 39.6 Å². The Kier molecular flexibility index (Phi) is 5.03. The van der Waals surface area contributed by atoms with E-state index in [1.165, 1.54) is 20.8 Å². The predicted octanol–water partition coefficient (Wildman–Crippen LogP) is 1.83. The summed E-state index contributed by atoms with van der Waals surface area (Å²) in [6.07, 6.45) is -0.454. The molecule has 0 amide bonds. The molecular weight excluding hydrogens is 320 g/mol. The van der Waals surface area contributed by atoms with Crippen LogP contribution < -0.4 is 0 Å². The van der Waals surface area contributed by atoms with E-state index in [1.807, 2.05) is 0 Å². The van der Waals surface area contributed by atoms with Gasteiger partial charge in [0, 0.05) is 0 Å². The zero-order valence-corrected chi connectivity index (χ0v) is 13.4. The summed E-state index contributed by atoms with van der Waals surface area (Å²) in [5.41, 5.74) is -4.13. The zero-order chi connectivity index (χ0) is 18.9. The van der Waals surface area contributed by atoms with E-state index in [1.54, 1.807) is 0 Å². The van der Waals surface area contributed by atoms with Gasteiger partial charge >= 0.3 is 23.9 Å². The third-order valence-electron chi connectivity index (χ3n) is 4.51. The highest BCUT2D eigenvalue weighted by Crippen LogP contribution is 2.43. The van der Waals surface area contributed by atoms with E-state index >= 15 is 0 Å². The van der Waals surface area contributed by atoms with Gasteiger partial charge in [-0.1, -0.05) is 0 Å². The smallest absolute Gasteiger partial charge is 0.335 e. The second-order valence-corrected chi connectivity index (χ2v) is 6.23. The maximum Gasteiger partial charge on any atom is 0.335 e. The molecule has 8 nitrogen and oxygen atoms in total. The molecule has 0 bridgehead atoms. The molecule has 1 unspecified atom stereocenters. The van der Waals surface area contributed by atoms with Gasteiger partial charge < -0.3 is 20.4 Å². The van der Waals surface area contributed by atoms with Crippen LogP contribution in [0, 0.1) is 10.8 Å². The summed E-state index contributed by atoms with van der Waals surface area (Å²) in [5.74, 6) is -5.45. The number of benzene rings is 1. The maximum atomic E-state index is 11.7. The van der Waals surface area contributed by atoms with E-state index < -0.39 is 41.1 Å². The molecule has 0 heterocycles. The summed E-state index contributed by atoms with van der Waals surface area (Å²) >= 11 is 0. The van der Waals surface area contributed by atoms with Crippen LogP contribution in [0.1, 0.15) is 47.1 Å². The third-order valence-corrected chi connectivity index (χ3v) is 4.51. The Morgan fingerprint density at radius 2 is 1.42 bits per heavy atom. The summed E-state index contributed by atoms with van der Waals surface area (Å²) in [6.45, 7) is 3.65. The molecule has 0 radical (unpaired) electrons. The number of hydrogen-bond acceptors (Lipinski definition) is 4. The second-order valence-electron chi connectivity index (χ2n) is 6.23. The van der Waals surface area contributed by atoms with Gasteiger partial charge in [0.25, 0.3) is 0 Å². The lowest BCUT2D eigenvalue weighted by molar-refractivity contribution is -0.169. The van der Waals surface area contributed by atoms with Crippen molar-refractivity contribution in [2.45, 2.75) is 27.2 Å². The Bertz CT molecular complexity index is 719. The van der Waals surface area contributed by atoms with Crippen molar-refractivity contribution in [2.24, 2.45) is 10.8 Å². The van der Waals surface area contributed by atoms with Crippen molar-refractivity contribution in [3.63, 3.8) is 0 Å². The molecule has 1 aromatic rings. The van der Waals surface area contributed by atoms with Gasteiger partial charge in [0.05, 0.1) is 22.0 Å². The van der Waals surface area contributed by atoms with E-state index in [0.717, 1.165) is 18.2 Å². The Morgan fingerprint density at radius 1 is 0.875 bits per heavy atom. The summed E-state index contributed by atoms with van der Waals surface area (Å²) < 4.78 is 0. The molecule has 1 atom stereocenters. The molecule has 0 saturated carbocycles. The van der Waals surface area contributed by atoms with Crippen molar-refractivity contribution in [1.29, 1.82) is 0 Å². The Balaban J connectivity index is 3.56. The van der Waals surface area contributed by atoms with Crippen LogP contribution >= 0.6 is 0 Å². The highest BCUT2D eigenvalue weighted by Gasteiger charge is 2.52. The van der Waals surface area contributed by atoms with Gasteiger partial charge in [-0.05, 0) is 51.0 Å². The number of hydrogen-bond donors (Lipinski definition) is 4. The monoisotopic (exact) mass is 338 g/mol. The molecule has 130 valence electrons. The largest absolute Gasteiger partial charge is 0.481 e. The fourth-order valence-corrected chi connectivity index (χ4v) is 2.26. The average molecular weight is 338 g/mol. The minimum atomic E-state index is -1.86. The molecule has 0 aliphatic carbocycles. The van der Waals surface area contributed by atoms with Crippen LogP contribution in [0.3, 0.4) is 0 Å². The summed E-state index contributed by atoms with van der Waals surface area (Å²) in [6, 6.07) is 3.22. The molecule has 0 saturated heterocycles. The first-order valence-corrected chi connectivity index (χ1v) is 6.91. The van der Waals surface area contributed by atoms with Crippen LogP contribution in [-0.4, -0.2) is 44.3 Å². The van der Waals surface area contributed by atoms with Crippen molar-refractivity contribution in [3.05, 3.63) is 34.9 Å². The van der Waals surface area contributed by atoms with E-state index in [2.05, 4.69) is 0 Å². The molecule has 0 aromatic heterocycles. The first-order valence-electron chi connectivity index (χ1n) is 6.91. The van der Waals surface area contributed by atoms with Crippen molar-refractivity contribution in [1.82, 2.24) is 0 Å². The summed E-state index contributed by atoms with van der Waals surface area (Å²) in [7, 11) is 0. The fourth-order valence-electron chi connectivity index (χ4n) is 2.26. The highest BCUT2D eigenvalue weighted by molar-refractivity contribution is 5.94. The quantitative estimate of drug-likeness (QED) is 0.588. The Hall–Kier alpha value is -2.90. The maximum absolute atomic E-state index is 11.7. The lowest BCUT2D eigenvalue weighted by atomic mass is 9.63. The molecular formula is C16H18O8. The van der Waals surface area contributed by atoms with Crippen LogP contribution in [0.15, 0.2) is 18.2 Å². The number of aromatic carboxylic acids is 2. The van der Waals surface area contributed by atoms with Gasteiger partial charge in [-0.25, -0.2) is 9.59 Å². The average Bonchev–Trinajstić information content (AvgIpc) is 2.45. The van der Waals surface area contributed by atoms with Crippen LogP contribution in [0.4, 0.5) is 0 Å². The molecule has 0 fully saturated rings. The number of carboxylic acid groups (broad SMARTS) is 4. The zero-order valence-electron chi connectivity index (χ0n) is 13.4. The van der Waals surface area contributed by atoms with Crippen LogP contribution in [0.5, 0.6) is 0 Å². The fraction of sp³-hybridized carbons (Fsp3) is 0.375. The van der Waals surface area contributed by atoms with Gasteiger partial charge in [-0.15, -0.1) is 0 Å². The third kappa shape index (κ3) is 3.22. The Labute approximate surface area is 137 Å². The first-order chi connectivity index (χ1) is 10.8. The molecule has 0 aliphatic rings. The highest BCUT2D eigenvalue weighted by atomic mass is 16.4. The second kappa shape index (κ2) is 6.31. The molecule has 0 spiro atoms. The van der Waals surface area contributed by atoms with Crippen LogP contribution in [-0.2, 0) is 16.0 Å². The van der Waals surface area contributed by atoms with Gasteiger partial charge in [0.1, 0.15) is 0 Å². The number of carbonyl (C=O) groups is 4. The van der Waals surface area contributed by atoms with Crippen molar-refractivity contribution in [3.8, 4) is 0 Å². The molecule has 4 N–H and O–H groups in total. The SMILES string of the molecule is CC(C)(C(=O)O)C(C)(Cc1cc(C(=O)O)ccc1C(=O)O)C(=O)O. The van der Waals surface area contributed by atoms with Gasteiger partial charge in [-0.2, -0.15) is 0 Å². The molecule has 24 heavy (non-hydrogen) atoms. The first kappa shape index (κ1) is 19.1. The Morgan fingerprint density at radius 3 is 1.79 bits per heavy atom. The van der Waals surface area contributed by atoms with E-state index in [9.17, 15) is 34.5 Å². The predicted molar refractivity (Wildman–Crippen MR) is 81.2 cm³/mol.